The lowest BCUT2D eigenvalue weighted by molar-refractivity contribution is -0.138. The lowest BCUT2D eigenvalue weighted by Crippen LogP contribution is -2.39. The fourth-order valence-electron chi connectivity index (χ4n) is 2.35. The molecule has 1 fully saturated rings. The van der Waals surface area contributed by atoms with Crippen molar-refractivity contribution in [3.05, 3.63) is 29.3 Å². The zero-order valence-corrected chi connectivity index (χ0v) is 14.3. The molecule has 0 saturated carbocycles. The number of nitriles is 1. The smallest absolute Gasteiger partial charge is 0.299 e. The fourth-order valence-corrected chi connectivity index (χ4v) is 2.77. The molecule has 1 aromatic carbocycles. The van der Waals surface area contributed by atoms with Gasteiger partial charge in [0.15, 0.2) is 0 Å². The van der Waals surface area contributed by atoms with E-state index in [4.69, 9.17) is 5.26 Å². The van der Waals surface area contributed by atoms with Gasteiger partial charge in [-0.3, -0.25) is 4.90 Å². The Hall–Kier alpha value is -1.33. The second kappa shape index (κ2) is 8.67. The molecule has 1 aliphatic heterocycles. The van der Waals surface area contributed by atoms with Crippen LogP contribution in [0.4, 0.5) is 22.0 Å². The van der Waals surface area contributed by atoms with Crippen LogP contribution in [0.25, 0.3) is 0 Å². The van der Waals surface area contributed by atoms with Crippen molar-refractivity contribution in [2.24, 2.45) is 0 Å². The van der Waals surface area contributed by atoms with Gasteiger partial charge >= 0.3 is 6.18 Å². The summed E-state index contributed by atoms with van der Waals surface area (Å²) < 4.78 is 65.5. The van der Waals surface area contributed by atoms with E-state index in [2.05, 4.69) is 0 Å². The lowest BCUT2D eigenvalue weighted by Gasteiger charge is -2.32. The summed E-state index contributed by atoms with van der Waals surface area (Å²) in [7, 11) is 0. The van der Waals surface area contributed by atoms with E-state index in [1.54, 1.807) is 10.3 Å². The topological polar surface area (TPSA) is 27.0 Å². The molecule has 0 aliphatic carbocycles. The van der Waals surface area contributed by atoms with E-state index in [0.29, 0.717) is 11.8 Å². The molecule has 0 aromatic heterocycles. The minimum Gasteiger partial charge on any atom is -0.299 e. The Kier molecular flexibility index (Phi) is 7.49. The average Bonchev–Trinajstić information content (AvgIpc) is 2.52. The molecule has 2 nitrogen and oxygen atoms in total. The Bertz CT molecular complexity index is 571. The van der Waals surface area contributed by atoms with Gasteiger partial charge in [-0.2, -0.15) is 18.4 Å². The molecule has 1 saturated heterocycles. The highest BCUT2D eigenvalue weighted by molar-refractivity contribution is 8.03. The molecular weight excluding hydrogens is 347 g/mol. The highest BCUT2D eigenvalue weighted by atomic mass is 32.2. The third-order valence-electron chi connectivity index (χ3n) is 3.53. The molecule has 8 heteroatoms. The Morgan fingerprint density at radius 3 is 2.29 bits per heavy atom. The molecule has 0 amide bonds. The maximum Gasteiger partial charge on any atom is 0.416 e. The Morgan fingerprint density at radius 1 is 1.21 bits per heavy atom. The molecule has 0 unspecified atom stereocenters. The standard InChI is InChI=1S/C14H13F5N2S.C2H6/c15-13(16)3-5-21(6-4-13)8-10-1-2-11(22-9-20)7-12(10)14(17,18)19;1-2/h1-2,7H,3-6,8H2;1-2H3. The minimum atomic E-state index is -4.54. The maximum atomic E-state index is 13.1. The van der Waals surface area contributed by atoms with Crippen molar-refractivity contribution >= 4 is 11.8 Å². The molecule has 0 N–H and O–H groups in total. The van der Waals surface area contributed by atoms with Crippen molar-refractivity contribution in [3.63, 3.8) is 0 Å². The predicted octanol–water partition coefficient (Wildman–Crippen LogP) is 5.54. The van der Waals surface area contributed by atoms with Gasteiger partial charge in [-0.25, -0.2) is 8.78 Å². The Morgan fingerprint density at radius 2 is 1.79 bits per heavy atom. The molecule has 2 rings (SSSR count). The molecule has 0 bridgehead atoms. The summed E-state index contributed by atoms with van der Waals surface area (Å²) in [4.78, 5) is 1.81. The molecule has 0 spiro atoms. The quantitative estimate of drug-likeness (QED) is 0.399. The fraction of sp³-hybridized carbons (Fsp3) is 0.562. The van der Waals surface area contributed by atoms with Crippen molar-refractivity contribution in [2.45, 2.75) is 50.2 Å². The third kappa shape index (κ3) is 5.95. The van der Waals surface area contributed by atoms with Crippen LogP contribution in [0.15, 0.2) is 23.1 Å². The normalized spacial score (nSPS) is 17.6. The largest absolute Gasteiger partial charge is 0.416 e. The maximum absolute atomic E-state index is 13.1. The van der Waals surface area contributed by atoms with Gasteiger partial charge in [0.25, 0.3) is 5.92 Å². The van der Waals surface area contributed by atoms with E-state index in [-0.39, 0.29) is 42.9 Å². The molecular formula is C16H19F5N2S. The number of thioether (sulfide) groups is 1. The summed E-state index contributed by atoms with van der Waals surface area (Å²) in [6, 6.07) is 3.69. The summed E-state index contributed by atoms with van der Waals surface area (Å²) in [5.74, 6) is -2.73. The third-order valence-corrected chi connectivity index (χ3v) is 4.11. The van der Waals surface area contributed by atoms with Gasteiger partial charge in [0, 0.05) is 37.4 Å². The van der Waals surface area contributed by atoms with Gasteiger partial charge in [0.05, 0.1) is 5.56 Å². The summed E-state index contributed by atoms with van der Waals surface area (Å²) >= 11 is 0.653. The van der Waals surface area contributed by atoms with Crippen LogP contribution in [0.1, 0.15) is 37.8 Å². The monoisotopic (exact) mass is 366 g/mol. The Labute approximate surface area is 142 Å². The summed E-state index contributed by atoms with van der Waals surface area (Å²) in [5.41, 5.74) is -0.773. The number of nitrogens with zero attached hydrogens (tertiary/aromatic N) is 2. The van der Waals surface area contributed by atoms with Crippen LogP contribution in [0.3, 0.4) is 0 Å². The summed E-state index contributed by atoms with van der Waals surface area (Å²) in [6.07, 6.45) is -5.21. The van der Waals surface area contributed by atoms with Crippen LogP contribution < -0.4 is 0 Å². The summed E-state index contributed by atoms with van der Waals surface area (Å²) in [6.45, 7) is 4.11. The second-order valence-corrected chi connectivity index (χ2v) is 6.00. The molecule has 1 aromatic rings. The number of alkyl halides is 5. The summed E-state index contributed by atoms with van der Waals surface area (Å²) in [5, 5.41) is 10.3. The van der Waals surface area contributed by atoms with Crippen molar-refractivity contribution in [2.75, 3.05) is 13.1 Å². The van der Waals surface area contributed by atoms with Crippen LogP contribution in [0.2, 0.25) is 0 Å². The van der Waals surface area contributed by atoms with Gasteiger partial charge in [0.2, 0.25) is 0 Å². The lowest BCUT2D eigenvalue weighted by atomic mass is 10.0. The average molecular weight is 366 g/mol. The van der Waals surface area contributed by atoms with E-state index in [1.807, 2.05) is 13.8 Å². The van der Waals surface area contributed by atoms with Crippen molar-refractivity contribution < 1.29 is 22.0 Å². The number of rotatable bonds is 3. The first kappa shape index (κ1) is 20.7. The van der Waals surface area contributed by atoms with Gasteiger partial charge in [-0.05, 0) is 29.5 Å². The highest BCUT2D eigenvalue weighted by Crippen LogP contribution is 2.36. The van der Waals surface area contributed by atoms with E-state index < -0.39 is 17.7 Å². The van der Waals surface area contributed by atoms with Crippen LogP contribution in [-0.4, -0.2) is 23.9 Å². The molecule has 0 atom stereocenters. The van der Waals surface area contributed by atoms with Crippen molar-refractivity contribution in [1.82, 2.24) is 4.90 Å². The van der Waals surface area contributed by atoms with Crippen LogP contribution in [0.5, 0.6) is 0 Å². The van der Waals surface area contributed by atoms with E-state index in [0.717, 1.165) is 6.07 Å². The van der Waals surface area contributed by atoms with Crippen LogP contribution in [-0.2, 0) is 12.7 Å². The number of hydrogen-bond acceptors (Lipinski definition) is 3. The zero-order valence-electron chi connectivity index (χ0n) is 13.5. The predicted molar refractivity (Wildman–Crippen MR) is 83.7 cm³/mol. The van der Waals surface area contributed by atoms with Crippen LogP contribution >= 0.6 is 11.8 Å². The number of hydrogen-bond donors (Lipinski definition) is 0. The molecule has 134 valence electrons. The van der Waals surface area contributed by atoms with Gasteiger partial charge in [0.1, 0.15) is 5.40 Å². The first-order valence-electron chi connectivity index (χ1n) is 7.57. The van der Waals surface area contributed by atoms with Gasteiger partial charge in [-0.1, -0.05) is 19.9 Å². The van der Waals surface area contributed by atoms with E-state index >= 15 is 0 Å². The number of piperidine rings is 1. The van der Waals surface area contributed by atoms with Gasteiger partial charge < -0.3 is 0 Å². The second-order valence-electron chi connectivity index (χ2n) is 5.14. The highest BCUT2D eigenvalue weighted by Gasteiger charge is 2.36. The van der Waals surface area contributed by atoms with E-state index in [9.17, 15) is 22.0 Å². The first-order valence-corrected chi connectivity index (χ1v) is 8.39. The molecule has 24 heavy (non-hydrogen) atoms. The van der Waals surface area contributed by atoms with E-state index in [1.165, 1.54) is 12.1 Å². The van der Waals surface area contributed by atoms with Crippen molar-refractivity contribution in [3.8, 4) is 5.40 Å². The minimum absolute atomic E-state index is 0.0254. The molecule has 0 radical (unpaired) electrons. The number of likely N-dealkylation sites (tertiary alicyclic amines) is 1. The number of thiocyanates is 1. The first-order chi connectivity index (χ1) is 11.2. The zero-order chi connectivity index (χ0) is 18.4. The SMILES string of the molecule is CC.N#CSc1ccc(CN2CCC(F)(F)CC2)c(C(F)(F)F)c1. The Balaban J connectivity index is 0.00000139. The number of benzene rings is 1. The number of halogens is 5. The van der Waals surface area contributed by atoms with Crippen LogP contribution in [0, 0.1) is 10.7 Å². The molecule has 1 aliphatic rings. The van der Waals surface area contributed by atoms with Crippen molar-refractivity contribution in [1.29, 1.82) is 5.26 Å². The molecule has 1 heterocycles. The van der Waals surface area contributed by atoms with Gasteiger partial charge in [-0.15, -0.1) is 0 Å².